The lowest BCUT2D eigenvalue weighted by Gasteiger charge is -2.21. The van der Waals surface area contributed by atoms with Crippen LogP contribution in [-0.4, -0.2) is 18.5 Å². The van der Waals surface area contributed by atoms with Crippen molar-refractivity contribution in [3.05, 3.63) is 42.0 Å². The monoisotopic (exact) mass is 240 g/mol. The van der Waals surface area contributed by atoms with Gasteiger partial charge in [-0.1, -0.05) is 31.2 Å². The summed E-state index contributed by atoms with van der Waals surface area (Å²) in [7, 11) is 0. The van der Waals surface area contributed by atoms with Crippen molar-refractivity contribution in [3.8, 4) is 0 Å². The van der Waals surface area contributed by atoms with Crippen molar-refractivity contribution < 1.29 is 4.79 Å². The van der Waals surface area contributed by atoms with E-state index in [1.54, 1.807) is 0 Å². The summed E-state index contributed by atoms with van der Waals surface area (Å²) in [5, 5.41) is 2.18. The number of hydrogen-bond donors (Lipinski definition) is 1. The SMILES string of the molecule is CCC(N)CN1C(=O)c2cccc3cccc1c23. The van der Waals surface area contributed by atoms with Crippen molar-refractivity contribution in [2.24, 2.45) is 5.73 Å². The molecule has 1 aliphatic rings. The van der Waals surface area contributed by atoms with Gasteiger partial charge in [-0.15, -0.1) is 0 Å². The summed E-state index contributed by atoms with van der Waals surface area (Å²) in [6.45, 7) is 2.63. The molecule has 18 heavy (non-hydrogen) atoms. The van der Waals surface area contributed by atoms with Crippen molar-refractivity contribution in [2.45, 2.75) is 19.4 Å². The Morgan fingerprint density at radius 2 is 1.94 bits per heavy atom. The van der Waals surface area contributed by atoms with Crippen molar-refractivity contribution in [1.82, 2.24) is 0 Å². The molecule has 0 saturated heterocycles. The van der Waals surface area contributed by atoms with E-state index < -0.39 is 0 Å². The molecule has 3 nitrogen and oxygen atoms in total. The number of anilines is 1. The molecule has 0 radical (unpaired) electrons. The minimum Gasteiger partial charge on any atom is -0.326 e. The highest BCUT2D eigenvalue weighted by molar-refractivity contribution is 6.25. The predicted molar refractivity (Wildman–Crippen MR) is 73.9 cm³/mol. The summed E-state index contributed by atoms with van der Waals surface area (Å²) in [5.41, 5.74) is 7.78. The average Bonchev–Trinajstić information content (AvgIpc) is 2.67. The second-order valence-electron chi connectivity index (χ2n) is 4.76. The van der Waals surface area contributed by atoms with Crippen molar-refractivity contribution in [3.63, 3.8) is 0 Å². The molecule has 0 saturated carbocycles. The van der Waals surface area contributed by atoms with Crippen LogP contribution in [0.15, 0.2) is 36.4 Å². The van der Waals surface area contributed by atoms with Crippen LogP contribution in [0.3, 0.4) is 0 Å². The molecule has 1 aliphatic heterocycles. The fraction of sp³-hybridized carbons (Fsp3) is 0.267. The zero-order chi connectivity index (χ0) is 12.7. The topological polar surface area (TPSA) is 46.3 Å². The lowest BCUT2D eigenvalue weighted by molar-refractivity contribution is 0.0991. The summed E-state index contributed by atoms with van der Waals surface area (Å²) in [6.07, 6.45) is 0.871. The number of nitrogens with two attached hydrogens (primary N) is 1. The smallest absolute Gasteiger partial charge is 0.259 e. The van der Waals surface area contributed by atoms with E-state index in [0.717, 1.165) is 28.4 Å². The van der Waals surface area contributed by atoms with Gasteiger partial charge in [0.15, 0.2) is 0 Å². The molecule has 0 aromatic heterocycles. The summed E-state index contributed by atoms with van der Waals surface area (Å²) in [5.74, 6) is 0.0747. The highest BCUT2D eigenvalue weighted by Crippen LogP contribution is 2.37. The van der Waals surface area contributed by atoms with E-state index in [0.29, 0.717) is 6.54 Å². The molecule has 92 valence electrons. The molecule has 0 bridgehead atoms. The second-order valence-corrected chi connectivity index (χ2v) is 4.76. The number of carbonyl (C=O) groups excluding carboxylic acids is 1. The van der Waals surface area contributed by atoms with Gasteiger partial charge < -0.3 is 10.6 Å². The maximum Gasteiger partial charge on any atom is 0.259 e. The Morgan fingerprint density at radius 1 is 1.22 bits per heavy atom. The van der Waals surface area contributed by atoms with Gasteiger partial charge in [0.2, 0.25) is 0 Å². The molecule has 3 heteroatoms. The molecular formula is C15H16N2O. The van der Waals surface area contributed by atoms with Crippen molar-refractivity contribution in [2.75, 3.05) is 11.4 Å². The van der Waals surface area contributed by atoms with E-state index in [1.807, 2.05) is 48.2 Å². The van der Waals surface area contributed by atoms with Gasteiger partial charge in [0.25, 0.3) is 5.91 Å². The maximum absolute atomic E-state index is 12.4. The van der Waals surface area contributed by atoms with E-state index in [1.165, 1.54) is 0 Å². The summed E-state index contributed by atoms with van der Waals surface area (Å²) in [6, 6.07) is 11.9. The first-order valence-corrected chi connectivity index (χ1v) is 6.31. The third-order valence-electron chi connectivity index (χ3n) is 3.59. The van der Waals surface area contributed by atoms with E-state index in [9.17, 15) is 4.79 Å². The molecule has 1 amide bonds. The molecular weight excluding hydrogens is 224 g/mol. The lowest BCUT2D eigenvalue weighted by atomic mass is 10.1. The number of nitrogens with zero attached hydrogens (tertiary/aromatic N) is 1. The van der Waals surface area contributed by atoms with Gasteiger partial charge in [0.05, 0.1) is 5.69 Å². The summed E-state index contributed by atoms with van der Waals surface area (Å²) in [4.78, 5) is 14.2. The zero-order valence-electron chi connectivity index (χ0n) is 10.4. The fourth-order valence-corrected chi connectivity index (χ4v) is 2.52. The van der Waals surface area contributed by atoms with E-state index in [4.69, 9.17) is 5.73 Å². The third-order valence-corrected chi connectivity index (χ3v) is 3.59. The molecule has 2 aromatic carbocycles. The molecule has 0 aliphatic carbocycles. The van der Waals surface area contributed by atoms with Crippen LogP contribution in [0.4, 0.5) is 5.69 Å². The van der Waals surface area contributed by atoms with E-state index >= 15 is 0 Å². The minimum absolute atomic E-state index is 0.0264. The molecule has 1 atom stereocenters. The Bertz CT molecular complexity index is 616. The molecule has 1 heterocycles. The van der Waals surface area contributed by atoms with Crippen LogP contribution in [0.5, 0.6) is 0 Å². The summed E-state index contributed by atoms with van der Waals surface area (Å²) >= 11 is 0. The van der Waals surface area contributed by atoms with Crippen molar-refractivity contribution in [1.29, 1.82) is 0 Å². The van der Waals surface area contributed by atoms with Crippen LogP contribution < -0.4 is 10.6 Å². The fourth-order valence-electron chi connectivity index (χ4n) is 2.52. The Kier molecular flexibility index (Phi) is 2.56. The first kappa shape index (κ1) is 11.2. The molecule has 0 fully saturated rings. The standard InChI is InChI=1S/C15H16N2O/c1-2-11(16)9-17-13-8-4-6-10-5-3-7-12(14(10)13)15(17)18/h3-8,11H,2,9,16H2,1H3. The van der Waals surface area contributed by atoms with Crippen molar-refractivity contribution >= 4 is 22.4 Å². The number of amides is 1. The highest BCUT2D eigenvalue weighted by Gasteiger charge is 2.29. The Balaban J connectivity index is 2.13. The molecule has 0 spiro atoms. The van der Waals surface area contributed by atoms with Gasteiger partial charge in [-0.3, -0.25) is 4.79 Å². The summed E-state index contributed by atoms with van der Waals surface area (Å²) < 4.78 is 0. The normalized spacial score (nSPS) is 15.4. The van der Waals surface area contributed by atoms with Gasteiger partial charge in [-0.25, -0.2) is 0 Å². The predicted octanol–water partition coefficient (Wildman–Crippen LogP) is 2.54. The van der Waals surface area contributed by atoms with Crippen LogP contribution in [0, 0.1) is 0 Å². The number of benzene rings is 2. The number of carbonyl (C=O) groups is 1. The highest BCUT2D eigenvalue weighted by atomic mass is 16.2. The second kappa shape index (κ2) is 4.10. The van der Waals surface area contributed by atoms with Gasteiger partial charge >= 0.3 is 0 Å². The van der Waals surface area contributed by atoms with Crippen LogP contribution in [0.25, 0.3) is 10.8 Å². The quantitative estimate of drug-likeness (QED) is 0.896. The largest absolute Gasteiger partial charge is 0.326 e. The average molecular weight is 240 g/mol. The number of hydrogen-bond acceptors (Lipinski definition) is 2. The Morgan fingerprint density at radius 3 is 2.67 bits per heavy atom. The Hall–Kier alpha value is -1.87. The molecule has 2 aromatic rings. The van der Waals surface area contributed by atoms with Crippen LogP contribution in [0.1, 0.15) is 23.7 Å². The van der Waals surface area contributed by atoms with E-state index in [2.05, 4.69) is 0 Å². The first-order valence-electron chi connectivity index (χ1n) is 6.31. The Labute approximate surface area is 106 Å². The minimum atomic E-state index is 0.0264. The van der Waals surface area contributed by atoms with Gasteiger partial charge in [0, 0.05) is 23.5 Å². The van der Waals surface area contributed by atoms with Crippen LogP contribution in [-0.2, 0) is 0 Å². The molecule has 1 unspecified atom stereocenters. The van der Waals surface area contributed by atoms with Crippen LogP contribution >= 0.6 is 0 Å². The zero-order valence-corrected chi connectivity index (χ0v) is 10.4. The van der Waals surface area contributed by atoms with E-state index in [-0.39, 0.29) is 11.9 Å². The molecule has 3 rings (SSSR count). The molecule has 2 N–H and O–H groups in total. The third kappa shape index (κ3) is 1.51. The van der Waals surface area contributed by atoms with Gasteiger partial charge in [-0.05, 0) is 23.9 Å². The van der Waals surface area contributed by atoms with Gasteiger partial charge in [0.1, 0.15) is 0 Å². The van der Waals surface area contributed by atoms with Gasteiger partial charge in [-0.2, -0.15) is 0 Å². The first-order chi connectivity index (χ1) is 8.72. The maximum atomic E-state index is 12.4. The number of rotatable bonds is 3. The van der Waals surface area contributed by atoms with Crippen LogP contribution in [0.2, 0.25) is 0 Å². The lowest BCUT2D eigenvalue weighted by Crippen LogP contribution is -2.38.